The Hall–Kier alpha value is -0.940. The summed E-state index contributed by atoms with van der Waals surface area (Å²) in [5.41, 5.74) is 0.563. The molecule has 0 aliphatic carbocycles. The Labute approximate surface area is 97.6 Å². The molecule has 0 saturated carbocycles. The molecule has 0 saturated heterocycles. The number of rotatable bonds is 4. The van der Waals surface area contributed by atoms with Gasteiger partial charge in [0, 0.05) is 29.5 Å². The van der Waals surface area contributed by atoms with Crippen LogP contribution < -0.4 is 10.6 Å². The zero-order valence-corrected chi connectivity index (χ0v) is 10.3. The Morgan fingerprint density at radius 3 is 2.93 bits per heavy atom. The smallest absolute Gasteiger partial charge is 0.252 e. The molecule has 0 radical (unpaired) electrons. The summed E-state index contributed by atoms with van der Waals surface area (Å²) in [5.74, 6) is -0.106. The number of hydrogen-bond acceptors (Lipinski definition) is 3. The van der Waals surface area contributed by atoms with Gasteiger partial charge in [0.15, 0.2) is 0 Å². The number of hydrogen-bond donors (Lipinski definition) is 2. The summed E-state index contributed by atoms with van der Waals surface area (Å²) in [6.07, 6.45) is 3.19. The van der Waals surface area contributed by atoms with Crippen LogP contribution in [-0.4, -0.2) is 30.5 Å². The molecule has 1 aromatic heterocycles. The highest BCUT2D eigenvalue weighted by molar-refractivity contribution is 9.10. The molecule has 1 unspecified atom stereocenters. The lowest BCUT2D eigenvalue weighted by atomic mass is 10.2. The van der Waals surface area contributed by atoms with Crippen LogP contribution in [0.25, 0.3) is 0 Å². The van der Waals surface area contributed by atoms with E-state index in [2.05, 4.69) is 31.5 Å². The van der Waals surface area contributed by atoms with Gasteiger partial charge in [-0.3, -0.25) is 9.78 Å². The SMILES string of the molecule is CNC(C)CNC(=O)c1cncc(Br)c1. The molecule has 0 spiro atoms. The normalized spacial score (nSPS) is 12.2. The van der Waals surface area contributed by atoms with E-state index in [0.717, 1.165) is 4.47 Å². The third-order valence-corrected chi connectivity index (χ3v) is 2.46. The van der Waals surface area contributed by atoms with Crippen molar-refractivity contribution in [3.05, 3.63) is 28.5 Å². The predicted octanol–water partition coefficient (Wildman–Crippen LogP) is 1.18. The molecule has 82 valence electrons. The van der Waals surface area contributed by atoms with Crippen molar-refractivity contribution < 1.29 is 4.79 Å². The quantitative estimate of drug-likeness (QED) is 0.865. The Bertz CT molecular complexity index is 343. The number of aromatic nitrogens is 1. The van der Waals surface area contributed by atoms with Gasteiger partial charge in [0.05, 0.1) is 5.56 Å². The molecule has 1 amide bonds. The van der Waals surface area contributed by atoms with Gasteiger partial charge in [0.25, 0.3) is 5.91 Å². The van der Waals surface area contributed by atoms with Crippen molar-refractivity contribution in [1.82, 2.24) is 15.6 Å². The van der Waals surface area contributed by atoms with E-state index in [1.54, 1.807) is 18.5 Å². The fourth-order valence-corrected chi connectivity index (χ4v) is 1.35. The van der Waals surface area contributed by atoms with Gasteiger partial charge < -0.3 is 10.6 Å². The van der Waals surface area contributed by atoms with Gasteiger partial charge in [0.1, 0.15) is 0 Å². The second-order valence-electron chi connectivity index (χ2n) is 3.29. The van der Waals surface area contributed by atoms with Crippen molar-refractivity contribution >= 4 is 21.8 Å². The Morgan fingerprint density at radius 1 is 1.60 bits per heavy atom. The largest absolute Gasteiger partial charge is 0.350 e. The van der Waals surface area contributed by atoms with E-state index in [-0.39, 0.29) is 11.9 Å². The van der Waals surface area contributed by atoms with E-state index in [1.165, 1.54) is 0 Å². The van der Waals surface area contributed by atoms with Gasteiger partial charge in [-0.25, -0.2) is 0 Å². The molecule has 15 heavy (non-hydrogen) atoms. The maximum absolute atomic E-state index is 11.6. The first-order valence-electron chi connectivity index (χ1n) is 4.69. The van der Waals surface area contributed by atoms with Crippen LogP contribution in [0.5, 0.6) is 0 Å². The summed E-state index contributed by atoms with van der Waals surface area (Å²) in [7, 11) is 1.86. The molecule has 4 nitrogen and oxygen atoms in total. The fraction of sp³-hybridized carbons (Fsp3) is 0.400. The second-order valence-corrected chi connectivity index (χ2v) is 4.21. The van der Waals surface area contributed by atoms with Crippen molar-refractivity contribution in [1.29, 1.82) is 0 Å². The third kappa shape index (κ3) is 3.97. The number of carbonyl (C=O) groups is 1. The van der Waals surface area contributed by atoms with Gasteiger partial charge >= 0.3 is 0 Å². The Balaban J connectivity index is 2.54. The van der Waals surface area contributed by atoms with Crippen LogP contribution >= 0.6 is 15.9 Å². The van der Waals surface area contributed by atoms with Gasteiger partial charge in [-0.05, 0) is 36.0 Å². The Morgan fingerprint density at radius 2 is 2.33 bits per heavy atom. The number of likely N-dealkylation sites (N-methyl/N-ethyl adjacent to an activating group) is 1. The van der Waals surface area contributed by atoms with E-state index in [9.17, 15) is 4.79 Å². The standard InChI is InChI=1S/C10H14BrN3O/c1-7(12-2)4-14-10(15)8-3-9(11)6-13-5-8/h3,5-7,12H,4H2,1-2H3,(H,14,15). The summed E-state index contributed by atoms with van der Waals surface area (Å²) in [4.78, 5) is 15.5. The number of halogens is 1. The molecule has 0 aliphatic heterocycles. The molecule has 2 N–H and O–H groups in total. The van der Waals surface area contributed by atoms with Crippen LogP contribution in [0.3, 0.4) is 0 Å². The third-order valence-electron chi connectivity index (χ3n) is 2.03. The number of nitrogens with one attached hydrogen (secondary N) is 2. The van der Waals surface area contributed by atoms with Crippen molar-refractivity contribution in [3.8, 4) is 0 Å². The van der Waals surface area contributed by atoms with Crippen molar-refractivity contribution in [2.75, 3.05) is 13.6 Å². The summed E-state index contributed by atoms with van der Waals surface area (Å²) < 4.78 is 0.803. The number of nitrogens with zero attached hydrogens (tertiary/aromatic N) is 1. The minimum absolute atomic E-state index is 0.106. The minimum Gasteiger partial charge on any atom is -0.350 e. The van der Waals surface area contributed by atoms with Crippen LogP contribution in [0.15, 0.2) is 22.9 Å². The Kier molecular flexibility index (Phi) is 4.71. The average Bonchev–Trinajstić information content (AvgIpc) is 2.25. The van der Waals surface area contributed by atoms with Gasteiger partial charge in [-0.15, -0.1) is 0 Å². The second kappa shape index (κ2) is 5.82. The number of carbonyl (C=O) groups excluding carboxylic acids is 1. The molecule has 1 rings (SSSR count). The van der Waals surface area contributed by atoms with E-state index in [4.69, 9.17) is 0 Å². The average molecular weight is 272 g/mol. The van der Waals surface area contributed by atoms with Gasteiger partial charge in [-0.1, -0.05) is 0 Å². The number of amides is 1. The molecule has 0 bridgehead atoms. The summed E-state index contributed by atoms with van der Waals surface area (Å²) in [6, 6.07) is 2.00. The maximum Gasteiger partial charge on any atom is 0.252 e. The molecule has 0 aliphatic rings. The zero-order valence-electron chi connectivity index (χ0n) is 8.75. The van der Waals surface area contributed by atoms with Crippen molar-refractivity contribution in [3.63, 3.8) is 0 Å². The molecule has 5 heteroatoms. The van der Waals surface area contributed by atoms with E-state index < -0.39 is 0 Å². The topological polar surface area (TPSA) is 54.0 Å². The molecular formula is C10H14BrN3O. The van der Waals surface area contributed by atoms with Crippen LogP contribution in [0, 0.1) is 0 Å². The molecule has 1 aromatic rings. The van der Waals surface area contributed by atoms with E-state index in [0.29, 0.717) is 12.1 Å². The fourth-order valence-electron chi connectivity index (χ4n) is 0.986. The molecule has 0 aromatic carbocycles. The molecule has 1 heterocycles. The minimum atomic E-state index is -0.106. The zero-order chi connectivity index (χ0) is 11.3. The lowest BCUT2D eigenvalue weighted by molar-refractivity contribution is 0.0950. The first-order chi connectivity index (χ1) is 7.13. The summed E-state index contributed by atoms with van der Waals surface area (Å²) in [6.45, 7) is 2.60. The first kappa shape index (κ1) is 12.1. The van der Waals surface area contributed by atoms with E-state index in [1.807, 2.05) is 14.0 Å². The maximum atomic E-state index is 11.6. The lowest BCUT2D eigenvalue weighted by Crippen LogP contribution is -2.37. The van der Waals surface area contributed by atoms with Crippen LogP contribution in [0.2, 0.25) is 0 Å². The highest BCUT2D eigenvalue weighted by Crippen LogP contribution is 2.09. The highest BCUT2D eigenvalue weighted by Gasteiger charge is 2.07. The predicted molar refractivity (Wildman–Crippen MR) is 62.8 cm³/mol. The molecule has 0 fully saturated rings. The van der Waals surface area contributed by atoms with Gasteiger partial charge in [-0.2, -0.15) is 0 Å². The van der Waals surface area contributed by atoms with E-state index >= 15 is 0 Å². The van der Waals surface area contributed by atoms with Crippen LogP contribution in [0.1, 0.15) is 17.3 Å². The first-order valence-corrected chi connectivity index (χ1v) is 5.49. The summed E-state index contributed by atoms with van der Waals surface area (Å²) in [5, 5.41) is 5.86. The number of pyridine rings is 1. The van der Waals surface area contributed by atoms with Crippen LogP contribution in [-0.2, 0) is 0 Å². The van der Waals surface area contributed by atoms with Crippen molar-refractivity contribution in [2.24, 2.45) is 0 Å². The van der Waals surface area contributed by atoms with Crippen LogP contribution in [0.4, 0.5) is 0 Å². The van der Waals surface area contributed by atoms with Gasteiger partial charge in [0.2, 0.25) is 0 Å². The highest BCUT2D eigenvalue weighted by atomic mass is 79.9. The lowest BCUT2D eigenvalue weighted by Gasteiger charge is -2.11. The monoisotopic (exact) mass is 271 g/mol. The van der Waals surface area contributed by atoms with Crippen molar-refractivity contribution in [2.45, 2.75) is 13.0 Å². The molecule has 1 atom stereocenters. The molecular weight excluding hydrogens is 258 g/mol. The summed E-state index contributed by atoms with van der Waals surface area (Å²) >= 11 is 3.27.